The number of nitrogens with one attached hydrogen (secondary N) is 1. The summed E-state index contributed by atoms with van der Waals surface area (Å²) >= 11 is 1.42. The van der Waals surface area contributed by atoms with Gasteiger partial charge in [0, 0.05) is 34.3 Å². The monoisotopic (exact) mass is 415 g/mol. The Bertz CT molecular complexity index is 1070. The Hall–Kier alpha value is -3.27. The Balaban J connectivity index is 1.49. The zero-order valence-corrected chi connectivity index (χ0v) is 17.2. The van der Waals surface area contributed by atoms with Gasteiger partial charge in [0.25, 0.3) is 5.91 Å². The predicted octanol–water partition coefficient (Wildman–Crippen LogP) is 4.80. The lowest BCUT2D eigenvalue weighted by Crippen LogP contribution is -2.36. The molecule has 3 aromatic rings. The zero-order chi connectivity index (χ0) is 20.8. The van der Waals surface area contributed by atoms with Gasteiger partial charge in [-0.05, 0) is 48.5 Å². The van der Waals surface area contributed by atoms with Gasteiger partial charge in [0.15, 0.2) is 0 Å². The van der Waals surface area contributed by atoms with Crippen molar-refractivity contribution in [1.29, 1.82) is 5.26 Å². The molecule has 150 valence electrons. The third-order valence-corrected chi connectivity index (χ3v) is 6.01. The Morgan fingerprint density at radius 2 is 1.60 bits per heavy atom. The smallest absolute Gasteiger partial charge is 0.256 e. The molecule has 1 aliphatic heterocycles. The molecule has 1 aliphatic rings. The summed E-state index contributed by atoms with van der Waals surface area (Å²) in [7, 11) is 0. The molecule has 0 aliphatic carbocycles. The van der Waals surface area contributed by atoms with Gasteiger partial charge in [-0.2, -0.15) is 5.26 Å². The van der Waals surface area contributed by atoms with Crippen LogP contribution in [-0.4, -0.2) is 32.2 Å². The molecule has 1 heterocycles. The van der Waals surface area contributed by atoms with Gasteiger partial charge >= 0.3 is 0 Å². The number of carbonyl (C=O) groups excluding carboxylic acids is 1. The molecule has 1 fully saturated rings. The fourth-order valence-corrected chi connectivity index (χ4v) is 4.31. The number of nitrogens with zero attached hydrogens (tertiary/aromatic N) is 2. The molecular formula is C24H21N3O2S. The van der Waals surface area contributed by atoms with Crippen LogP contribution in [0.4, 0.5) is 11.4 Å². The van der Waals surface area contributed by atoms with Crippen molar-refractivity contribution < 1.29 is 9.53 Å². The second-order valence-corrected chi connectivity index (χ2v) is 7.89. The molecule has 0 bridgehead atoms. The Morgan fingerprint density at radius 3 is 2.33 bits per heavy atom. The second-order valence-electron chi connectivity index (χ2n) is 6.81. The third-order valence-electron chi connectivity index (χ3n) is 4.86. The molecule has 3 aromatic carbocycles. The highest BCUT2D eigenvalue weighted by Crippen LogP contribution is 2.33. The van der Waals surface area contributed by atoms with Gasteiger partial charge < -0.3 is 15.0 Å². The maximum absolute atomic E-state index is 12.9. The van der Waals surface area contributed by atoms with Crippen LogP contribution < -0.4 is 10.2 Å². The van der Waals surface area contributed by atoms with Crippen LogP contribution in [0, 0.1) is 11.3 Å². The number of morpholine rings is 1. The molecule has 5 nitrogen and oxygen atoms in total. The summed E-state index contributed by atoms with van der Waals surface area (Å²) in [4.78, 5) is 16.9. The molecule has 0 atom stereocenters. The van der Waals surface area contributed by atoms with Crippen molar-refractivity contribution in [2.45, 2.75) is 9.79 Å². The molecule has 0 radical (unpaired) electrons. The van der Waals surface area contributed by atoms with Gasteiger partial charge in [0.1, 0.15) is 6.07 Å². The normalized spacial score (nSPS) is 13.5. The van der Waals surface area contributed by atoms with Crippen molar-refractivity contribution in [1.82, 2.24) is 0 Å². The first-order valence-corrected chi connectivity index (χ1v) is 10.6. The summed E-state index contributed by atoms with van der Waals surface area (Å²) in [6.07, 6.45) is 0. The summed E-state index contributed by atoms with van der Waals surface area (Å²) in [6, 6.07) is 24.9. The van der Waals surface area contributed by atoms with Crippen molar-refractivity contribution in [3.05, 3.63) is 83.9 Å². The molecule has 6 heteroatoms. The Kier molecular flexibility index (Phi) is 6.33. The molecule has 4 rings (SSSR count). The minimum Gasteiger partial charge on any atom is -0.378 e. The van der Waals surface area contributed by atoms with E-state index in [0.717, 1.165) is 47.5 Å². The largest absolute Gasteiger partial charge is 0.378 e. The lowest BCUT2D eigenvalue weighted by Gasteiger charge is -2.28. The molecule has 0 saturated carbocycles. The van der Waals surface area contributed by atoms with E-state index in [9.17, 15) is 10.1 Å². The maximum Gasteiger partial charge on any atom is 0.256 e. The summed E-state index contributed by atoms with van der Waals surface area (Å²) < 4.78 is 5.40. The van der Waals surface area contributed by atoms with Crippen LogP contribution in [0.25, 0.3) is 0 Å². The van der Waals surface area contributed by atoms with Crippen molar-refractivity contribution in [3.63, 3.8) is 0 Å². The Labute approximate surface area is 180 Å². The lowest BCUT2D eigenvalue weighted by molar-refractivity contribution is 0.102. The standard InChI is InChI=1S/C24H21N3O2S/c25-17-18-5-1-3-7-22(18)30-23-8-4-2-6-21(23)24(28)26-19-9-11-20(12-10-19)27-13-15-29-16-14-27/h1-12H,13-16H2,(H,26,28). The Morgan fingerprint density at radius 1 is 0.933 bits per heavy atom. The van der Waals surface area contributed by atoms with Crippen LogP contribution in [0.5, 0.6) is 0 Å². The number of carbonyl (C=O) groups is 1. The SMILES string of the molecule is N#Cc1ccccc1Sc1ccccc1C(=O)Nc1ccc(N2CCOCC2)cc1. The molecular weight excluding hydrogens is 394 g/mol. The summed E-state index contributed by atoms with van der Waals surface area (Å²) in [5.74, 6) is -0.174. The van der Waals surface area contributed by atoms with Crippen molar-refractivity contribution in [3.8, 4) is 6.07 Å². The molecule has 30 heavy (non-hydrogen) atoms. The molecule has 1 N–H and O–H groups in total. The number of nitriles is 1. The van der Waals surface area contributed by atoms with Gasteiger partial charge in [0.05, 0.1) is 24.3 Å². The van der Waals surface area contributed by atoms with Crippen LogP contribution in [0.1, 0.15) is 15.9 Å². The second kappa shape index (κ2) is 9.49. The summed E-state index contributed by atoms with van der Waals surface area (Å²) in [5, 5.41) is 12.3. The number of anilines is 2. The van der Waals surface area contributed by atoms with Gasteiger partial charge in [-0.25, -0.2) is 0 Å². The number of benzene rings is 3. The van der Waals surface area contributed by atoms with E-state index in [1.54, 1.807) is 12.1 Å². The first-order chi connectivity index (χ1) is 14.7. The minimum atomic E-state index is -0.174. The number of amides is 1. The van der Waals surface area contributed by atoms with E-state index in [-0.39, 0.29) is 5.91 Å². The van der Waals surface area contributed by atoms with Gasteiger partial charge in [-0.15, -0.1) is 0 Å². The van der Waals surface area contributed by atoms with Crippen LogP contribution >= 0.6 is 11.8 Å². The lowest BCUT2D eigenvalue weighted by atomic mass is 10.2. The average molecular weight is 416 g/mol. The third kappa shape index (κ3) is 4.65. The first kappa shape index (κ1) is 20.0. The number of ether oxygens (including phenoxy) is 1. The van der Waals surface area contributed by atoms with Crippen LogP contribution in [0.15, 0.2) is 82.6 Å². The fourth-order valence-electron chi connectivity index (χ4n) is 3.29. The maximum atomic E-state index is 12.9. The van der Waals surface area contributed by atoms with Gasteiger partial charge in [-0.1, -0.05) is 36.0 Å². The van der Waals surface area contributed by atoms with E-state index in [1.165, 1.54) is 11.8 Å². The van der Waals surface area contributed by atoms with Crippen molar-refractivity contribution >= 4 is 29.0 Å². The molecule has 1 amide bonds. The van der Waals surface area contributed by atoms with E-state index in [4.69, 9.17) is 4.74 Å². The highest BCUT2D eigenvalue weighted by atomic mass is 32.2. The van der Waals surface area contributed by atoms with Gasteiger partial charge in [-0.3, -0.25) is 4.79 Å². The molecule has 1 saturated heterocycles. The van der Waals surface area contributed by atoms with Crippen LogP contribution in [-0.2, 0) is 4.74 Å². The fraction of sp³-hybridized carbons (Fsp3) is 0.167. The average Bonchev–Trinajstić information content (AvgIpc) is 2.81. The van der Waals surface area contributed by atoms with Crippen LogP contribution in [0.3, 0.4) is 0 Å². The number of hydrogen-bond donors (Lipinski definition) is 1. The molecule has 0 unspecified atom stereocenters. The van der Waals surface area contributed by atoms with Gasteiger partial charge in [0.2, 0.25) is 0 Å². The topological polar surface area (TPSA) is 65.4 Å². The summed E-state index contributed by atoms with van der Waals surface area (Å²) in [6.45, 7) is 3.23. The van der Waals surface area contributed by atoms with E-state index in [2.05, 4.69) is 16.3 Å². The van der Waals surface area contributed by atoms with E-state index < -0.39 is 0 Å². The van der Waals surface area contributed by atoms with Crippen molar-refractivity contribution in [2.75, 3.05) is 36.5 Å². The minimum absolute atomic E-state index is 0.174. The van der Waals surface area contributed by atoms with E-state index in [0.29, 0.717) is 11.1 Å². The molecule has 0 spiro atoms. The van der Waals surface area contributed by atoms with E-state index >= 15 is 0 Å². The molecule has 0 aromatic heterocycles. The highest BCUT2D eigenvalue weighted by molar-refractivity contribution is 7.99. The zero-order valence-electron chi connectivity index (χ0n) is 16.4. The number of rotatable bonds is 5. The quantitative estimate of drug-likeness (QED) is 0.649. The van der Waals surface area contributed by atoms with Crippen LogP contribution in [0.2, 0.25) is 0 Å². The number of hydrogen-bond acceptors (Lipinski definition) is 5. The predicted molar refractivity (Wildman–Crippen MR) is 119 cm³/mol. The first-order valence-electron chi connectivity index (χ1n) is 9.75. The summed E-state index contributed by atoms with van der Waals surface area (Å²) in [5.41, 5.74) is 3.04. The van der Waals surface area contributed by atoms with E-state index in [1.807, 2.05) is 60.7 Å². The van der Waals surface area contributed by atoms with Crippen molar-refractivity contribution in [2.24, 2.45) is 0 Å². The highest BCUT2D eigenvalue weighted by Gasteiger charge is 2.15.